The number of nitrogens with zero attached hydrogens (tertiary/aromatic N) is 2. The number of methoxy groups -OCH3 is 1. The van der Waals surface area contributed by atoms with Gasteiger partial charge in [0.2, 0.25) is 5.95 Å². The molecule has 0 saturated carbocycles. The van der Waals surface area contributed by atoms with Gasteiger partial charge in [0.05, 0.1) is 12.3 Å². The van der Waals surface area contributed by atoms with Gasteiger partial charge in [0.1, 0.15) is 0 Å². The Hall–Kier alpha value is -1.95. The van der Waals surface area contributed by atoms with Crippen molar-refractivity contribution in [1.29, 1.82) is 0 Å². The first kappa shape index (κ1) is 12.5. The molecule has 1 heterocycles. The van der Waals surface area contributed by atoms with Gasteiger partial charge < -0.3 is 10.1 Å². The SMILES string of the molecule is COCCNc1nccn1-c1ccc(F)c(F)c1. The van der Waals surface area contributed by atoms with Gasteiger partial charge in [0.25, 0.3) is 0 Å². The van der Waals surface area contributed by atoms with E-state index in [0.29, 0.717) is 24.8 Å². The number of anilines is 1. The number of imidazole rings is 1. The number of hydrogen-bond donors (Lipinski definition) is 1. The third kappa shape index (κ3) is 2.65. The van der Waals surface area contributed by atoms with Crippen LogP contribution in [-0.4, -0.2) is 29.8 Å². The maximum atomic E-state index is 13.2. The minimum Gasteiger partial charge on any atom is -0.383 e. The highest BCUT2D eigenvalue weighted by atomic mass is 19.2. The molecule has 0 saturated heterocycles. The first-order valence-electron chi connectivity index (χ1n) is 5.44. The minimum absolute atomic E-state index is 0.506. The second-order valence-electron chi connectivity index (χ2n) is 3.64. The fraction of sp³-hybridized carbons (Fsp3) is 0.250. The number of halogens is 2. The summed E-state index contributed by atoms with van der Waals surface area (Å²) in [6.07, 6.45) is 3.25. The van der Waals surface area contributed by atoms with E-state index in [1.165, 1.54) is 6.07 Å². The number of nitrogens with one attached hydrogen (secondary N) is 1. The van der Waals surface area contributed by atoms with Crippen molar-refractivity contribution in [2.24, 2.45) is 0 Å². The Morgan fingerprint density at radius 1 is 1.33 bits per heavy atom. The van der Waals surface area contributed by atoms with Crippen LogP contribution in [-0.2, 0) is 4.74 Å². The Morgan fingerprint density at radius 2 is 2.17 bits per heavy atom. The smallest absolute Gasteiger partial charge is 0.207 e. The van der Waals surface area contributed by atoms with E-state index in [1.807, 2.05) is 0 Å². The van der Waals surface area contributed by atoms with E-state index in [9.17, 15) is 8.78 Å². The van der Waals surface area contributed by atoms with Crippen molar-refractivity contribution in [1.82, 2.24) is 9.55 Å². The number of hydrogen-bond acceptors (Lipinski definition) is 3. The van der Waals surface area contributed by atoms with Crippen LogP contribution in [0.15, 0.2) is 30.6 Å². The summed E-state index contributed by atoms with van der Waals surface area (Å²) in [7, 11) is 1.60. The summed E-state index contributed by atoms with van der Waals surface area (Å²) < 4.78 is 32.6. The molecule has 1 aromatic heterocycles. The highest BCUT2D eigenvalue weighted by Gasteiger charge is 2.07. The van der Waals surface area contributed by atoms with Crippen LogP contribution in [0.2, 0.25) is 0 Å². The van der Waals surface area contributed by atoms with E-state index in [0.717, 1.165) is 12.1 Å². The van der Waals surface area contributed by atoms with Crippen LogP contribution in [0.1, 0.15) is 0 Å². The molecule has 1 N–H and O–H groups in total. The lowest BCUT2D eigenvalue weighted by Gasteiger charge is -2.09. The third-order valence-corrected chi connectivity index (χ3v) is 2.41. The van der Waals surface area contributed by atoms with E-state index in [-0.39, 0.29) is 0 Å². The highest BCUT2D eigenvalue weighted by Crippen LogP contribution is 2.17. The fourth-order valence-electron chi connectivity index (χ4n) is 1.54. The first-order chi connectivity index (χ1) is 8.72. The number of benzene rings is 1. The van der Waals surface area contributed by atoms with E-state index < -0.39 is 11.6 Å². The van der Waals surface area contributed by atoms with Crippen LogP contribution in [0, 0.1) is 11.6 Å². The summed E-state index contributed by atoms with van der Waals surface area (Å²) in [6, 6.07) is 3.70. The lowest BCUT2D eigenvalue weighted by Crippen LogP contribution is -2.11. The molecule has 0 spiro atoms. The zero-order chi connectivity index (χ0) is 13.0. The molecular weight excluding hydrogens is 240 g/mol. The summed E-state index contributed by atoms with van der Waals surface area (Å²) in [5, 5.41) is 3.04. The van der Waals surface area contributed by atoms with Gasteiger partial charge in [0, 0.05) is 32.1 Å². The van der Waals surface area contributed by atoms with Crippen molar-refractivity contribution >= 4 is 5.95 Å². The summed E-state index contributed by atoms with van der Waals surface area (Å²) in [4.78, 5) is 4.10. The Balaban J connectivity index is 2.22. The fourth-order valence-corrected chi connectivity index (χ4v) is 1.54. The molecule has 0 amide bonds. The number of ether oxygens (including phenoxy) is 1. The number of aromatic nitrogens is 2. The Bertz CT molecular complexity index is 528. The van der Waals surface area contributed by atoms with Gasteiger partial charge in [-0.25, -0.2) is 13.8 Å². The Morgan fingerprint density at radius 3 is 2.89 bits per heavy atom. The second kappa shape index (κ2) is 5.59. The zero-order valence-electron chi connectivity index (χ0n) is 9.86. The Kier molecular flexibility index (Phi) is 3.88. The largest absolute Gasteiger partial charge is 0.383 e. The summed E-state index contributed by atoms with van der Waals surface area (Å²) in [6.45, 7) is 1.11. The molecule has 0 aliphatic carbocycles. The molecule has 0 atom stereocenters. The minimum atomic E-state index is -0.885. The molecule has 0 bridgehead atoms. The third-order valence-electron chi connectivity index (χ3n) is 2.41. The van der Waals surface area contributed by atoms with Gasteiger partial charge in [-0.1, -0.05) is 0 Å². The molecular formula is C12H13F2N3O. The lowest BCUT2D eigenvalue weighted by molar-refractivity contribution is 0.210. The molecule has 6 heteroatoms. The first-order valence-corrected chi connectivity index (χ1v) is 5.44. The van der Waals surface area contributed by atoms with Crippen molar-refractivity contribution in [3.05, 3.63) is 42.2 Å². The molecule has 4 nitrogen and oxygen atoms in total. The van der Waals surface area contributed by atoms with E-state index in [4.69, 9.17) is 4.74 Å². The maximum absolute atomic E-state index is 13.2. The van der Waals surface area contributed by atoms with Gasteiger partial charge in [0.15, 0.2) is 11.6 Å². The lowest BCUT2D eigenvalue weighted by atomic mass is 10.3. The van der Waals surface area contributed by atoms with Crippen LogP contribution in [0.3, 0.4) is 0 Å². The topological polar surface area (TPSA) is 39.1 Å². The molecule has 0 aliphatic heterocycles. The van der Waals surface area contributed by atoms with E-state index in [2.05, 4.69) is 10.3 Å². The average molecular weight is 253 g/mol. The predicted octanol–water partition coefficient (Wildman–Crippen LogP) is 2.21. The van der Waals surface area contributed by atoms with Crippen molar-refractivity contribution in [3.63, 3.8) is 0 Å². The van der Waals surface area contributed by atoms with Crippen molar-refractivity contribution in [2.45, 2.75) is 0 Å². The van der Waals surface area contributed by atoms with Crippen LogP contribution >= 0.6 is 0 Å². The Labute approximate surface area is 103 Å². The van der Waals surface area contributed by atoms with Crippen molar-refractivity contribution in [3.8, 4) is 5.69 Å². The van der Waals surface area contributed by atoms with E-state index in [1.54, 1.807) is 24.1 Å². The molecule has 18 heavy (non-hydrogen) atoms. The summed E-state index contributed by atoms with van der Waals surface area (Å²) in [5.41, 5.74) is 0.506. The molecule has 0 aliphatic rings. The molecule has 2 rings (SSSR count). The predicted molar refractivity (Wildman–Crippen MR) is 63.8 cm³/mol. The van der Waals surface area contributed by atoms with Crippen molar-refractivity contribution < 1.29 is 13.5 Å². The van der Waals surface area contributed by atoms with Crippen LogP contribution in [0.5, 0.6) is 0 Å². The van der Waals surface area contributed by atoms with Gasteiger partial charge in [-0.05, 0) is 12.1 Å². The molecule has 0 fully saturated rings. The molecule has 96 valence electrons. The standard InChI is InChI=1S/C12H13F2N3O/c1-18-7-5-16-12-15-4-6-17(12)9-2-3-10(13)11(14)8-9/h2-4,6,8H,5,7H2,1H3,(H,15,16). The quantitative estimate of drug-likeness (QED) is 0.830. The van der Waals surface area contributed by atoms with Crippen LogP contribution in [0.4, 0.5) is 14.7 Å². The monoisotopic (exact) mass is 253 g/mol. The van der Waals surface area contributed by atoms with Gasteiger partial charge in [-0.2, -0.15) is 0 Å². The molecule has 2 aromatic rings. The molecule has 0 unspecified atom stereocenters. The van der Waals surface area contributed by atoms with Crippen LogP contribution < -0.4 is 5.32 Å². The zero-order valence-corrected chi connectivity index (χ0v) is 9.86. The summed E-state index contributed by atoms with van der Waals surface area (Å²) >= 11 is 0. The molecule has 0 radical (unpaired) electrons. The summed E-state index contributed by atoms with van der Waals surface area (Å²) in [5.74, 6) is -1.20. The second-order valence-corrected chi connectivity index (χ2v) is 3.64. The van der Waals surface area contributed by atoms with Crippen molar-refractivity contribution in [2.75, 3.05) is 25.6 Å². The van der Waals surface area contributed by atoms with Crippen LogP contribution in [0.25, 0.3) is 5.69 Å². The van der Waals surface area contributed by atoms with Gasteiger partial charge in [-0.15, -0.1) is 0 Å². The van der Waals surface area contributed by atoms with E-state index >= 15 is 0 Å². The molecule has 1 aromatic carbocycles. The average Bonchev–Trinajstić information content (AvgIpc) is 2.81. The number of rotatable bonds is 5. The maximum Gasteiger partial charge on any atom is 0.207 e. The normalized spacial score (nSPS) is 10.6. The highest BCUT2D eigenvalue weighted by molar-refractivity contribution is 5.42. The van der Waals surface area contributed by atoms with Gasteiger partial charge in [-0.3, -0.25) is 4.57 Å². The van der Waals surface area contributed by atoms with Gasteiger partial charge >= 0.3 is 0 Å².